The standard InChI is InChI=1S/C14H14OTe/c1-2-16-14-10-8-13(9-11-14)15-12-6-4-3-5-7-12/h3-11H,2H2,1H3. The molecule has 0 amide bonds. The first-order valence-electron chi connectivity index (χ1n) is 5.34. The maximum atomic E-state index is 5.73. The van der Waals surface area contributed by atoms with E-state index in [1.165, 1.54) is 8.08 Å². The van der Waals surface area contributed by atoms with Gasteiger partial charge in [-0.15, -0.1) is 0 Å². The molecule has 0 aliphatic heterocycles. The number of hydrogen-bond donors (Lipinski definition) is 0. The summed E-state index contributed by atoms with van der Waals surface area (Å²) in [5.74, 6) is 1.81. The minimum absolute atomic E-state index is 0.0321. The summed E-state index contributed by atoms with van der Waals surface area (Å²) in [6.07, 6.45) is 0. The first kappa shape index (κ1) is 11.5. The van der Waals surface area contributed by atoms with Crippen LogP contribution in [0, 0.1) is 0 Å². The van der Waals surface area contributed by atoms with Crippen molar-refractivity contribution < 1.29 is 4.74 Å². The van der Waals surface area contributed by atoms with Gasteiger partial charge in [0.2, 0.25) is 0 Å². The van der Waals surface area contributed by atoms with Crippen LogP contribution in [0.1, 0.15) is 6.92 Å². The van der Waals surface area contributed by atoms with Gasteiger partial charge in [-0.25, -0.2) is 0 Å². The predicted octanol–water partition coefficient (Wildman–Crippen LogP) is 3.25. The summed E-state index contributed by atoms with van der Waals surface area (Å²) >= 11 is 0.0321. The molecular weight excluding hydrogens is 312 g/mol. The second-order valence-electron chi connectivity index (χ2n) is 3.32. The van der Waals surface area contributed by atoms with Gasteiger partial charge in [0.25, 0.3) is 0 Å². The Hall–Kier alpha value is -0.970. The molecule has 0 atom stereocenters. The summed E-state index contributed by atoms with van der Waals surface area (Å²) in [6.45, 7) is 2.25. The SMILES string of the molecule is CC[Te]c1ccc(Oc2ccccc2)cc1. The van der Waals surface area contributed by atoms with E-state index in [0.29, 0.717) is 0 Å². The van der Waals surface area contributed by atoms with Gasteiger partial charge < -0.3 is 0 Å². The molecular formula is C14H14OTe. The molecule has 0 N–H and O–H groups in total. The zero-order chi connectivity index (χ0) is 11.2. The third-order valence-electron chi connectivity index (χ3n) is 2.11. The van der Waals surface area contributed by atoms with Crippen LogP contribution in [0.25, 0.3) is 0 Å². The van der Waals surface area contributed by atoms with Crippen LogP contribution in [0.15, 0.2) is 54.6 Å². The van der Waals surface area contributed by atoms with Crippen molar-refractivity contribution in [1.29, 1.82) is 0 Å². The average molecular weight is 326 g/mol. The first-order valence-corrected chi connectivity index (χ1v) is 8.15. The zero-order valence-corrected chi connectivity index (χ0v) is 11.6. The van der Waals surface area contributed by atoms with Crippen LogP contribution >= 0.6 is 0 Å². The van der Waals surface area contributed by atoms with E-state index in [9.17, 15) is 0 Å². The van der Waals surface area contributed by atoms with Gasteiger partial charge in [-0.3, -0.25) is 0 Å². The van der Waals surface area contributed by atoms with E-state index in [1.807, 2.05) is 30.3 Å². The molecule has 16 heavy (non-hydrogen) atoms. The van der Waals surface area contributed by atoms with E-state index < -0.39 is 0 Å². The minimum atomic E-state index is 0.0321. The van der Waals surface area contributed by atoms with E-state index >= 15 is 0 Å². The Bertz CT molecular complexity index is 422. The van der Waals surface area contributed by atoms with E-state index in [1.54, 1.807) is 0 Å². The first-order chi connectivity index (χ1) is 7.88. The fraction of sp³-hybridized carbons (Fsp3) is 0.143. The second-order valence-corrected chi connectivity index (χ2v) is 7.14. The molecule has 2 aromatic carbocycles. The molecule has 0 fully saturated rings. The monoisotopic (exact) mass is 328 g/mol. The molecule has 0 spiro atoms. The molecule has 0 saturated carbocycles. The van der Waals surface area contributed by atoms with Crippen LogP contribution in [0.3, 0.4) is 0 Å². The van der Waals surface area contributed by atoms with Crippen LogP contribution in [0.4, 0.5) is 0 Å². The average Bonchev–Trinajstić information content (AvgIpc) is 2.33. The molecule has 2 rings (SSSR count). The third-order valence-corrected chi connectivity index (χ3v) is 4.67. The van der Waals surface area contributed by atoms with Crippen molar-refractivity contribution >= 4 is 24.5 Å². The summed E-state index contributed by atoms with van der Waals surface area (Å²) < 4.78 is 8.53. The van der Waals surface area contributed by atoms with E-state index in [-0.39, 0.29) is 20.9 Å². The van der Waals surface area contributed by atoms with Crippen LogP contribution in [0.5, 0.6) is 11.5 Å². The maximum absolute atomic E-state index is 5.73. The van der Waals surface area contributed by atoms with Crippen molar-refractivity contribution in [2.45, 2.75) is 11.4 Å². The van der Waals surface area contributed by atoms with Crippen molar-refractivity contribution in [3.8, 4) is 11.5 Å². The van der Waals surface area contributed by atoms with Gasteiger partial charge in [0.15, 0.2) is 0 Å². The molecule has 1 nitrogen and oxygen atoms in total. The van der Waals surface area contributed by atoms with E-state index in [2.05, 4.69) is 31.2 Å². The number of ether oxygens (including phenoxy) is 1. The van der Waals surface area contributed by atoms with E-state index in [4.69, 9.17) is 4.74 Å². The summed E-state index contributed by atoms with van der Waals surface area (Å²) in [7, 11) is 0. The van der Waals surface area contributed by atoms with Gasteiger partial charge in [0, 0.05) is 0 Å². The fourth-order valence-electron chi connectivity index (χ4n) is 1.40. The Morgan fingerprint density at radius 2 is 1.50 bits per heavy atom. The molecule has 0 heterocycles. The van der Waals surface area contributed by atoms with Crippen LogP contribution in [-0.4, -0.2) is 20.9 Å². The quantitative estimate of drug-likeness (QED) is 0.784. The number of para-hydroxylation sites is 1. The molecule has 0 radical (unpaired) electrons. The zero-order valence-electron chi connectivity index (χ0n) is 9.22. The van der Waals surface area contributed by atoms with Gasteiger partial charge >= 0.3 is 107 Å². The Labute approximate surface area is 107 Å². The van der Waals surface area contributed by atoms with Gasteiger partial charge in [0.05, 0.1) is 0 Å². The summed E-state index contributed by atoms with van der Waals surface area (Å²) in [4.78, 5) is 0. The number of hydrogen-bond acceptors (Lipinski definition) is 1. The normalized spacial score (nSPS) is 10.1. The number of benzene rings is 2. The molecule has 0 aliphatic rings. The van der Waals surface area contributed by atoms with Crippen molar-refractivity contribution in [1.82, 2.24) is 0 Å². The van der Waals surface area contributed by atoms with Crippen LogP contribution in [0.2, 0.25) is 4.47 Å². The molecule has 0 aliphatic carbocycles. The molecule has 2 heteroatoms. The van der Waals surface area contributed by atoms with Crippen LogP contribution in [-0.2, 0) is 0 Å². The van der Waals surface area contributed by atoms with Crippen molar-refractivity contribution in [3.63, 3.8) is 0 Å². The van der Waals surface area contributed by atoms with Crippen molar-refractivity contribution in [2.24, 2.45) is 0 Å². The molecule has 2 aromatic rings. The fourth-order valence-corrected chi connectivity index (χ4v) is 3.28. The Morgan fingerprint density at radius 3 is 2.12 bits per heavy atom. The summed E-state index contributed by atoms with van der Waals surface area (Å²) in [5.41, 5.74) is 0. The molecule has 0 unspecified atom stereocenters. The number of rotatable bonds is 4. The van der Waals surface area contributed by atoms with Gasteiger partial charge in [0.1, 0.15) is 0 Å². The van der Waals surface area contributed by atoms with Gasteiger partial charge in [-0.1, -0.05) is 0 Å². The van der Waals surface area contributed by atoms with Crippen molar-refractivity contribution in [3.05, 3.63) is 54.6 Å². The van der Waals surface area contributed by atoms with Gasteiger partial charge in [-0.05, 0) is 0 Å². The summed E-state index contributed by atoms with van der Waals surface area (Å²) in [5, 5.41) is 0. The van der Waals surface area contributed by atoms with Crippen LogP contribution < -0.4 is 8.35 Å². The Balaban J connectivity index is 2.05. The predicted molar refractivity (Wildman–Crippen MR) is 68.8 cm³/mol. The second kappa shape index (κ2) is 5.94. The topological polar surface area (TPSA) is 9.23 Å². The third kappa shape index (κ3) is 3.27. The van der Waals surface area contributed by atoms with Gasteiger partial charge in [-0.2, -0.15) is 0 Å². The molecule has 0 bridgehead atoms. The molecule has 82 valence electrons. The van der Waals surface area contributed by atoms with E-state index in [0.717, 1.165) is 11.5 Å². The summed E-state index contributed by atoms with van der Waals surface area (Å²) in [6, 6.07) is 18.4. The Kier molecular flexibility index (Phi) is 4.27. The van der Waals surface area contributed by atoms with Crippen molar-refractivity contribution in [2.75, 3.05) is 0 Å². The molecule has 0 aromatic heterocycles. The molecule has 0 saturated heterocycles. The Morgan fingerprint density at radius 1 is 0.875 bits per heavy atom.